The lowest BCUT2D eigenvalue weighted by Gasteiger charge is -2.20. The molecule has 5 heteroatoms. The van der Waals surface area contributed by atoms with E-state index in [4.69, 9.17) is 4.74 Å². The minimum atomic E-state index is -0.791. The van der Waals surface area contributed by atoms with Crippen molar-refractivity contribution in [2.45, 2.75) is 12.6 Å². The topological polar surface area (TPSA) is 55.8 Å². The molecule has 2 rings (SSSR count). The van der Waals surface area contributed by atoms with Crippen LogP contribution in [0.5, 0.6) is 0 Å². The van der Waals surface area contributed by atoms with Crippen LogP contribution in [0.1, 0.15) is 5.56 Å². The predicted molar refractivity (Wildman–Crippen MR) is 67.9 cm³/mol. The molecule has 0 aliphatic carbocycles. The zero-order valence-electron chi connectivity index (χ0n) is 10.8. The Morgan fingerprint density at radius 1 is 1.32 bits per heavy atom. The number of esters is 1. The van der Waals surface area contributed by atoms with Crippen LogP contribution in [0.25, 0.3) is 0 Å². The smallest absolute Gasteiger partial charge is 0.336 e. The van der Waals surface area contributed by atoms with Gasteiger partial charge in [0.15, 0.2) is 6.04 Å². The van der Waals surface area contributed by atoms with Crippen LogP contribution in [-0.2, 0) is 25.7 Å². The lowest BCUT2D eigenvalue weighted by atomic mass is 10.2. The number of nitrogens with zero attached hydrogens (tertiary/aromatic N) is 1. The molecule has 0 saturated heterocycles. The van der Waals surface area contributed by atoms with Gasteiger partial charge in [0.2, 0.25) is 0 Å². The summed E-state index contributed by atoms with van der Waals surface area (Å²) in [4.78, 5) is 24.5. The van der Waals surface area contributed by atoms with E-state index in [0.717, 1.165) is 5.56 Å². The second-order valence-corrected chi connectivity index (χ2v) is 4.20. The monoisotopic (exact) mass is 261 g/mol. The molecule has 0 saturated carbocycles. The Morgan fingerprint density at radius 2 is 2.00 bits per heavy atom. The van der Waals surface area contributed by atoms with Crippen molar-refractivity contribution in [2.24, 2.45) is 0 Å². The number of ether oxygens (including phenoxy) is 2. The van der Waals surface area contributed by atoms with Gasteiger partial charge in [-0.3, -0.25) is 4.79 Å². The number of carbonyl (C=O) groups is 2. The van der Waals surface area contributed by atoms with Gasteiger partial charge in [0.05, 0.1) is 7.11 Å². The highest BCUT2D eigenvalue weighted by atomic mass is 16.5. The van der Waals surface area contributed by atoms with E-state index in [-0.39, 0.29) is 5.91 Å². The standard InChI is InChI=1S/C14H15NO4/c1-15-12(16)8-11(13(15)14(17)18-2)19-9-10-6-4-3-5-7-10/h3-8,13H,9H2,1-2H3. The van der Waals surface area contributed by atoms with E-state index in [1.54, 1.807) is 7.05 Å². The van der Waals surface area contributed by atoms with Gasteiger partial charge in [-0.1, -0.05) is 30.3 Å². The molecule has 0 N–H and O–H groups in total. The summed E-state index contributed by atoms with van der Waals surface area (Å²) in [6, 6.07) is 8.74. The van der Waals surface area contributed by atoms with Crippen LogP contribution < -0.4 is 0 Å². The van der Waals surface area contributed by atoms with Crippen molar-refractivity contribution in [3.05, 3.63) is 47.7 Å². The highest BCUT2D eigenvalue weighted by molar-refractivity contribution is 5.97. The molecule has 1 aliphatic heterocycles. The van der Waals surface area contributed by atoms with E-state index in [1.807, 2.05) is 30.3 Å². The second kappa shape index (κ2) is 5.56. The summed E-state index contributed by atoms with van der Waals surface area (Å²) in [5.41, 5.74) is 0.967. The summed E-state index contributed by atoms with van der Waals surface area (Å²) in [7, 11) is 2.83. The molecule has 0 bridgehead atoms. The Kier molecular flexibility index (Phi) is 3.85. The molecule has 1 aromatic carbocycles. The Hall–Kier alpha value is -2.30. The average molecular weight is 261 g/mol. The molecule has 5 nitrogen and oxygen atoms in total. The molecule has 1 amide bonds. The zero-order valence-corrected chi connectivity index (χ0v) is 10.8. The lowest BCUT2D eigenvalue weighted by Crippen LogP contribution is -2.39. The highest BCUT2D eigenvalue weighted by Crippen LogP contribution is 2.21. The first-order valence-corrected chi connectivity index (χ1v) is 5.86. The van der Waals surface area contributed by atoms with Gasteiger partial charge >= 0.3 is 5.97 Å². The summed E-state index contributed by atoms with van der Waals surface area (Å²) >= 11 is 0. The molecule has 1 aromatic rings. The molecular formula is C14H15NO4. The van der Waals surface area contributed by atoms with E-state index < -0.39 is 12.0 Å². The van der Waals surface area contributed by atoms with Gasteiger partial charge in [-0.25, -0.2) is 4.79 Å². The molecule has 1 heterocycles. The molecule has 0 aromatic heterocycles. The van der Waals surface area contributed by atoms with E-state index in [9.17, 15) is 9.59 Å². The molecule has 1 unspecified atom stereocenters. The molecule has 0 radical (unpaired) electrons. The number of likely N-dealkylation sites (N-methyl/N-ethyl adjacent to an activating group) is 1. The van der Waals surface area contributed by atoms with Gasteiger partial charge in [0, 0.05) is 13.1 Å². The zero-order chi connectivity index (χ0) is 13.8. The third-order valence-electron chi connectivity index (χ3n) is 2.94. The minimum Gasteiger partial charge on any atom is -0.490 e. The fraction of sp³-hybridized carbons (Fsp3) is 0.286. The van der Waals surface area contributed by atoms with Crippen molar-refractivity contribution in [3.8, 4) is 0 Å². The van der Waals surface area contributed by atoms with Crippen LogP contribution in [0.2, 0.25) is 0 Å². The summed E-state index contributed by atoms with van der Waals surface area (Å²) in [6.45, 7) is 0.307. The second-order valence-electron chi connectivity index (χ2n) is 4.20. The first kappa shape index (κ1) is 13.1. The first-order valence-electron chi connectivity index (χ1n) is 5.86. The van der Waals surface area contributed by atoms with Gasteiger partial charge in [-0.15, -0.1) is 0 Å². The molecule has 0 fully saturated rings. The van der Waals surface area contributed by atoms with Crippen molar-refractivity contribution in [2.75, 3.05) is 14.2 Å². The molecule has 1 atom stereocenters. The maximum Gasteiger partial charge on any atom is 0.336 e. The first-order chi connectivity index (χ1) is 9.13. The van der Waals surface area contributed by atoms with Crippen molar-refractivity contribution in [3.63, 3.8) is 0 Å². The molecular weight excluding hydrogens is 246 g/mol. The predicted octanol–water partition coefficient (Wildman–Crippen LogP) is 1.10. The number of amides is 1. The van der Waals surface area contributed by atoms with Crippen molar-refractivity contribution in [1.82, 2.24) is 4.90 Å². The number of hydrogen-bond acceptors (Lipinski definition) is 4. The SMILES string of the molecule is COC(=O)C1C(OCc2ccccc2)=CC(=O)N1C. The van der Waals surface area contributed by atoms with Crippen LogP contribution in [0.15, 0.2) is 42.2 Å². The Labute approximate surface area is 111 Å². The quantitative estimate of drug-likeness (QED) is 0.762. The Morgan fingerprint density at radius 3 is 2.63 bits per heavy atom. The van der Waals surface area contributed by atoms with Gasteiger partial charge in [-0.2, -0.15) is 0 Å². The van der Waals surface area contributed by atoms with Crippen LogP contribution in [-0.4, -0.2) is 37.0 Å². The normalized spacial score (nSPS) is 18.2. The van der Waals surface area contributed by atoms with E-state index in [0.29, 0.717) is 12.4 Å². The highest BCUT2D eigenvalue weighted by Gasteiger charge is 2.38. The third-order valence-corrected chi connectivity index (χ3v) is 2.94. The number of benzene rings is 1. The minimum absolute atomic E-state index is 0.265. The third kappa shape index (κ3) is 2.76. The number of rotatable bonds is 4. The van der Waals surface area contributed by atoms with Crippen molar-refractivity contribution >= 4 is 11.9 Å². The van der Waals surface area contributed by atoms with Crippen LogP contribution in [0.4, 0.5) is 0 Å². The fourth-order valence-electron chi connectivity index (χ4n) is 1.87. The maximum absolute atomic E-state index is 11.7. The van der Waals surface area contributed by atoms with Gasteiger partial charge in [0.1, 0.15) is 12.4 Å². The largest absolute Gasteiger partial charge is 0.490 e. The van der Waals surface area contributed by atoms with Gasteiger partial charge in [-0.05, 0) is 5.56 Å². The molecule has 100 valence electrons. The molecule has 19 heavy (non-hydrogen) atoms. The Bertz CT molecular complexity index is 509. The molecule has 0 spiro atoms. The van der Waals surface area contributed by atoms with Crippen molar-refractivity contribution < 1.29 is 19.1 Å². The van der Waals surface area contributed by atoms with Crippen LogP contribution >= 0.6 is 0 Å². The van der Waals surface area contributed by atoms with Gasteiger partial charge in [0.25, 0.3) is 5.91 Å². The summed E-state index contributed by atoms with van der Waals surface area (Å²) in [6.07, 6.45) is 1.32. The van der Waals surface area contributed by atoms with Crippen LogP contribution in [0.3, 0.4) is 0 Å². The van der Waals surface area contributed by atoms with E-state index in [2.05, 4.69) is 4.74 Å². The van der Waals surface area contributed by atoms with Crippen LogP contribution in [0, 0.1) is 0 Å². The fourth-order valence-corrected chi connectivity index (χ4v) is 1.87. The summed E-state index contributed by atoms with van der Waals surface area (Å²) in [5.74, 6) is -0.450. The molecule has 1 aliphatic rings. The van der Waals surface area contributed by atoms with Gasteiger partial charge < -0.3 is 14.4 Å². The number of hydrogen-bond donors (Lipinski definition) is 0. The van der Waals surface area contributed by atoms with E-state index >= 15 is 0 Å². The van der Waals surface area contributed by atoms with Crippen molar-refractivity contribution in [1.29, 1.82) is 0 Å². The van der Waals surface area contributed by atoms with E-state index in [1.165, 1.54) is 18.1 Å². The number of methoxy groups -OCH3 is 1. The maximum atomic E-state index is 11.7. The lowest BCUT2D eigenvalue weighted by molar-refractivity contribution is -0.148. The summed E-state index contributed by atoms with van der Waals surface area (Å²) < 4.78 is 10.2. The summed E-state index contributed by atoms with van der Waals surface area (Å²) in [5, 5.41) is 0. The Balaban J connectivity index is 2.08. The number of carbonyl (C=O) groups excluding carboxylic acids is 2. The average Bonchev–Trinajstić information content (AvgIpc) is 2.72.